The van der Waals surface area contributed by atoms with Gasteiger partial charge in [0.25, 0.3) is 0 Å². The zero-order valence-electron chi connectivity index (χ0n) is 6.15. The topological polar surface area (TPSA) is 66.4 Å². The van der Waals surface area contributed by atoms with Crippen LogP contribution in [0.25, 0.3) is 0 Å². The molecule has 5 heteroatoms. The first-order chi connectivity index (χ1) is 5.08. The largest absolute Gasteiger partial charge is 0.726 e. The molecule has 0 atom stereocenters. The Labute approximate surface area is 66.5 Å². The van der Waals surface area contributed by atoms with E-state index in [9.17, 15) is 13.0 Å². The Morgan fingerprint density at radius 2 is 1.91 bits per heavy atom. The van der Waals surface area contributed by atoms with Crippen LogP contribution >= 0.6 is 0 Å². The fraction of sp³-hybridized carbons (Fsp3) is 1.00. The summed E-state index contributed by atoms with van der Waals surface area (Å²) in [4.78, 5) is 0. The monoisotopic (exact) mass is 179 g/mol. The second-order valence-electron chi connectivity index (χ2n) is 2.84. The summed E-state index contributed by atoms with van der Waals surface area (Å²) in [5, 5.41) is 0. The van der Waals surface area contributed by atoms with E-state index in [2.05, 4.69) is 4.18 Å². The van der Waals surface area contributed by atoms with Gasteiger partial charge in [0.1, 0.15) is 0 Å². The minimum Gasteiger partial charge on any atom is -0.726 e. The van der Waals surface area contributed by atoms with Crippen molar-refractivity contribution in [2.75, 3.05) is 6.61 Å². The molecule has 0 aromatic carbocycles. The first-order valence-corrected chi connectivity index (χ1v) is 5.01. The highest BCUT2D eigenvalue weighted by atomic mass is 32.3. The van der Waals surface area contributed by atoms with Crippen LogP contribution in [0.15, 0.2) is 0 Å². The van der Waals surface area contributed by atoms with Gasteiger partial charge >= 0.3 is 0 Å². The van der Waals surface area contributed by atoms with Gasteiger partial charge in [0, 0.05) is 0 Å². The highest BCUT2D eigenvalue weighted by Crippen LogP contribution is 2.24. The standard InChI is InChI=1S/C6H12O4S/c7-11(8,9)10-5-6-3-1-2-4-6/h6H,1-5H2,(H,7,8,9)/p-1. The van der Waals surface area contributed by atoms with Crippen molar-refractivity contribution in [3.63, 3.8) is 0 Å². The Bertz CT molecular complexity index is 203. The van der Waals surface area contributed by atoms with E-state index in [1.54, 1.807) is 0 Å². The van der Waals surface area contributed by atoms with Crippen LogP contribution in [0.4, 0.5) is 0 Å². The molecule has 66 valence electrons. The summed E-state index contributed by atoms with van der Waals surface area (Å²) in [5.41, 5.74) is 0. The summed E-state index contributed by atoms with van der Waals surface area (Å²) in [5.74, 6) is 0.277. The Morgan fingerprint density at radius 3 is 2.36 bits per heavy atom. The highest BCUT2D eigenvalue weighted by Gasteiger charge is 2.15. The molecule has 0 aromatic rings. The van der Waals surface area contributed by atoms with Gasteiger partial charge in [-0.2, -0.15) is 0 Å². The summed E-state index contributed by atoms with van der Waals surface area (Å²) in [6, 6.07) is 0. The Kier molecular flexibility index (Phi) is 2.86. The molecule has 11 heavy (non-hydrogen) atoms. The second kappa shape index (κ2) is 3.51. The summed E-state index contributed by atoms with van der Waals surface area (Å²) >= 11 is 0. The van der Waals surface area contributed by atoms with Crippen molar-refractivity contribution >= 4 is 10.4 Å². The van der Waals surface area contributed by atoms with Crippen molar-refractivity contribution < 1.29 is 17.2 Å². The van der Waals surface area contributed by atoms with Gasteiger partial charge in [0.05, 0.1) is 6.61 Å². The normalized spacial score (nSPS) is 20.8. The van der Waals surface area contributed by atoms with E-state index in [0.29, 0.717) is 0 Å². The molecule has 0 saturated heterocycles. The number of hydrogen-bond donors (Lipinski definition) is 0. The minimum absolute atomic E-state index is 0.0752. The van der Waals surface area contributed by atoms with E-state index < -0.39 is 10.4 Å². The van der Waals surface area contributed by atoms with Gasteiger partial charge in [-0.15, -0.1) is 0 Å². The van der Waals surface area contributed by atoms with Crippen LogP contribution in [0, 0.1) is 5.92 Å². The third-order valence-corrected chi connectivity index (χ3v) is 2.35. The lowest BCUT2D eigenvalue weighted by Gasteiger charge is -2.11. The zero-order chi connectivity index (χ0) is 8.32. The molecule has 0 heterocycles. The molecule has 0 aliphatic heterocycles. The number of rotatable bonds is 3. The van der Waals surface area contributed by atoms with Gasteiger partial charge < -0.3 is 4.55 Å². The highest BCUT2D eigenvalue weighted by molar-refractivity contribution is 7.80. The molecule has 4 nitrogen and oxygen atoms in total. The molecular formula is C6H11O4S-. The molecule has 1 rings (SSSR count). The SMILES string of the molecule is O=S(=O)([O-])OCC1CCCC1. The first kappa shape index (κ1) is 8.96. The van der Waals surface area contributed by atoms with Crippen LogP contribution in [-0.4, -0.2) is 19.6 Å². The molecule has 0 unspecified atom stereocenters. The van der Waals surface area contributed by atoms with Crippen molar-refractivity contribution in [3.8, 4) is 0 Å². The van der Waals surface area contributed by atoms with E-state index in [1.807, 2.05) is 0 Å². The van der Waals surface area contributed by atoms with Crippen LogP contribution in [-0.2, 0) is 14.6 Å². The number of hydrogen-bond acceptors (Lipinski definition) is 4. The maximum Gasteiger partial charge on any atom is 0.217 e. The summed E-state index contributed by atoms with van der Waals surface area (Å²) in [6.45, 7) is 0.0752. The first-order valence-electron chi connectivity index (χ1n) is 3.68. The molecule has 0 aromatic heterocycles. The molecule has 0 amide bonds. The van der Waals surface area contributed by atoms with Crippen molar-refractivity contribution in [3.05, 3.63) is 0 Å². The zero-order valence-corrected chi connectivity index (χ0v) is 6.97. The van der Waals surface area contributed by atoms with Crippen molar-refractivity contribution in [1.82, 2.24) is 0 Å². The predicted octanol–water partition coefficient (Wildman–Crippen LogP) is 0.653. The molecule has 0 bridgehead atoms. The quantitative estimate of drug-likeness (QED) is 0.471. The molecule has 1 saturated carbocycles. The van der Waals surface area contributed by atoms with E-state index in [0.717, 1.165) is 25.7 Å². The van der Waals surface area contributed by atoms with Crippen LogP contribution in [0.2, 0.25) is 0 Å². The Morgan fingerprint density at radius 1 is 1.36 bits per heavy atom. The maximum absolute atomic E-state index is 10.0. The lowest BCUT2D eigenvalue weighted by atomic mass is 10.1. The lowest BCUT2D eigenvalue weighted by Crippen LogP contribution is -2.11. The molecular weight excluding hydrogens is 168 g/mol. The third kappa shape index (κ3) is 3.69. The molecule has 1 aliphatic rings. The molecule has 0 radical (unpaired) electrons. The summed E-state index contributed by atoms with van der Waals surface area (Å²) < 4.78 is 34.2. The van der Waals surface area contributed by atoms with Gasteiger partial charge in [-0.1, -0.05) is 12.8 Å². The molecule has 1 aliphatic carbocycles. The van der Waals surface area contributed by atoms with Gasteiger partial charge in [0.15, 0.2) is 0 Å². The van der Waals surface area contributed by atoms with Gasteiger partial charge in [-0.3, -0.25) is 4.18 Å². The van der Waals surface area contributed by atoms with Crippen LogP contribution in [0.5, 0.6) is 0 Å². The third-order valence-electron chi connectivity index (χ3n) is 1.92. The van der Waals surface area contributed by atoms with Gasteiger partial charge in [-0.25, -0.2) is 8.42 Å². The van der Waals surface area contributed by atoms with E-state index in [4.69, 9.17) is 0 Å². The average Bonchev–Trinajstić information content (AvgIpc) is 2.32. The fourth-order valence-corrected chi connectivity index (χ4v) is 1.72. The van der Waals surface area contributed by atoms with E-state index in [-0.39, 0.29) is 12.5 Å². The summed E-state index contributed by atoms with van der Waals surface area (Å²) in [6.07, 6.45) is 4.20. The van der Waals surface area contributed by atoms with Crippen LogP contribution in [0.3, 0.4) is 0 Å². The molecule has 1 fully saturated rings. The lowest BCUT2D eigenvalue weighted by molar-refractivity contribution is 0.220. The Balaban J connectivity index is 2.22. The minimum atomic E-state index is -4.46. The van der Waals surface area contributed by atoms with Crippen LogP contribution in [0.1, 0.15) is 25.7 Å². The maximum atomic E-state index is 10.0. The van der Waals surface area contributed by atoms with Gasteiger partial charge in [-0.05, 0) is 18.8 Å². The van der Waals surface area contributed by atoms with Crippen LogP contribution < -0.4 is 0 Å². The summed E-state index contributed by atoms with van der Waals surface area (Å²) in [7, 11) is -4.46. The Hall–Kier alpha value is -0.130. The smallest absolute Gasteiger partial charge is 0.217 e. The van der Waals surface area contributed by atoms with Crippen molar-refractivity contribution in [2.45, 2.75) is 25.7 Å². The fourth-order valence-electron chi connectivity index (χ4n) is 1.36. The van der Waals surface area contributed by atoms with Gasteiger partial charge in [0.2, 0.25) is 10.4 Å². The predicted molar refractivity (Wildman–Crippen MR) is 37.6 cm³/mol. The van der Waals surface area contributed by atoms with Crippen molar-refractivity contribution in [2.24, 2.45) is 5.92 Å². The van der Waals surface area contributed by atoms with Crippen molar-refractivity contribution in [1.29, 1.82) is 0 Å². The molecule has 0 N–H and O–H groups in total. The average molecular weight is 179 g/mol. The molecule has 0 spiro atoms. The van der Waals surface area contributed by atoms with E-state index >= 15 is 0 Å². The van der Waals surface area contributed by atoms with E-state index in [1.165, 1.54) is 0 Å². The second-order valence-corrected chi connectivity index (χ2v) is 3.90.